The summed E-state index contributed by atoms with van der Waals surface area (Å²) in [6.45, 7) is 10.3. The minimum atomic E-state index is 0.0734. The van der Waals surface area contributed by atoms with E-state index in [1.54, 1.807) is 0 Å². The number of nitrogens with zero attached hydrogens (tertiary/aromatic N) is 2. The van der Waals surface area contributed by atoms with Gasteiger partial charge in [-0.1, -0.05) is 50.6 Å². The molecule has 1 aromatic carbocycles. The summed E-state index contributed by atoms with van der Waals surface area (Å²) in [6, 6.07) is 10.5. The number of hydrogen-bond donors (Lipinski definition) is 2. The maximum absolute atomic E-state index is 12.6. The van der Waals surface area contributed by atoms with Gasteiger partial charge in [0.25, 0.3) is 0 Å². The van der Waals surface area contributed by atoms with Crippen LogP contribution < -0.4 is 10.6 Å². The number of carbonyl (C=O) groups is 2. The molecule has 1 aliphatic rings. The molecule has 0 bridgehead atoms. The van der Waals surface area contributed by atoms with E-state index in [9.17, 15) is 9.59 Å². The first kappa shape index (κ1) is 22.4. The van der Waals surface area contributed by atoms with Crippen molar-refractivity contribution in [1.29, 1.82) is 0 Å². The number of hydrogen-bond acceptors (Lipinski definition) is 4. The first-order chi connectivity index (χ1) is 13.5. The zero-order valence-electron chi connectivity index (χ0n) is 17.6. The molecule has 2 atom stereocenters. The van der Waals surface area contributed by atoms with E-state index >= 15 is 0 Å². The molecule has 1 aromatic rings. The Labute approximate surface area is 169 Å². The van der Waals surface area contributed by atoms with Gasteiger partial charge in [-0.25, -0.2) is 0 Å². The average molecular weight is 389 g/mol. The standard InChI is InChI=1S/C22H36N4O2/c1-4-9-20(19-10-7-6-8-11-19)24-22(28)17-26-14-12-25(13-15-26)16-21(27)23-18(3)5-2/h6-8,10-11,18,20H,4-5,9,12-17H2,1-3H3,(H,23,27)(H,24,28). The van der Waals surface area contributed by atoms with E-state index in [0.717, 1.165) is 51.0 Å². The summed E-state index contributed by atoms with van der Waals surface area (Å²) in [4.78, 5) is 28.9. The highest BCUT2D eigenvalue weighted by atomic mass is 16.2. The summed E-state index contributed by atoms with van der Waals surface area (Å²) in [5, 5.41) is 6.21. The molecule has 2 rings (SSSR count). The maximum atomic E-state index is 12.6. The number of benzene rings is 1. The van der Waals surface area contributed by atoms with Crippen LogP contribution in [-0.2, 0) is 9.59 Å². The van der Waals surface area contributed by atoms with Gasteiger partial charge in [-0.3, -0.25) is 19.4 Å². The van der Waals surface area contributed by atoms with E-state index in [4.69, 9.17) is 0 Å². The van der Waals surface area contributed by atoms with Gasteiger partial charge in [-0.2, -0.15) is 0 Å². The van der Waals surface area contributed by atoms with E-state index < -0.39 is 0 Å². The molecular weight excluding hydrogens is 352 g/mol. The van der Waals surface area contributed by atoms with Crippen LogP contribution in [0.15, 0.2) is 30.3 Å². The number of nitrogens with one attached hydrogen (secondary N) is 2. The second kappa shape index (κ2) is 11.8. The van der Waals surface area contributed by atoms with E-state index in [0.29, 0.717) is 13.1 Å². The van der Waals surface area contributed by atoms with E-state index in [1.165, 1.54) is 0 Å². The quantitative estimate of drug-likeness (QED) is 0.645. The molecule has 0 saturated carbocycles. The molecule has 1 heterocycles. The predicted octanol–water partition coefficient (Wildman–Crippen LogP) is 2.18. The Morgan fingerprint density at radius 3 is 1.96 bits per heavy atom. The molecule has 1 saturated heterocycles. The van der Waals surface area contributed by atoms with Crippen LogP contribution in [0.3, 0.4) is 0 Å². The van der Waals surface area contributed by atoms with Crippen molar-refractivity contribution in [1.82, 2.24) is 20.4 Å². The topological polar surface area (TPSA) is 64.7 Å². The third-order valence-corrected chi connectivity index (χ3v) is 5.33. The highest BCUT2D eigenvalue weighted by Gasteiger charge is 2.22. The summed E-state index contributed by atoms with van der Waals surface area (Å²) in [6.07, 6.45) is 2.91. The van der Waals surface area contributed by atoms with Crippen LogP contribution >= 0.6 is 0 Å². The van der Waals surface area contributed by atoms with Crippen molar-refractivity contribution in [3.05, 3.63) is 35.9 Å². The molecule has 0 aromatic heterocycles. The second-order valence-corrected chi connectivity index (χ2v) is 7.75. The smallest absolute Gasteiger partial charge is 0.234 e. The predicted molar refractivity (Wildman–Crippen MR) is 113 cm³/mol. The zero-order chi connectivity index (χ0) is 20.4. The third kappa shape index (κ3) is 7.60. The van der Waals surface area contributed by atoms with Crippen LogP contribution in [0, 0.1) is 0 Å². The molecule has 156 valence electrons. The minimum Gasteiger partial charge on any atom is -0.353 e. The van der Waals surface area contributed by atoms with Crippen molar-refractivity contribution in [2.45, 2.75) is 52.1 Å². The Hall–Kier alpha value is -1.92. The first-order valence-corrected chi connectivity index (χ1v) is 10.6. The van der Waals surface area contributed by atoms with Gasteiger partial charge in [0.05, 0.1) is 19.1 Å². The monoisotopic (exact) mass is 388 g/mol. The Bertz CT molecular complexity index is 600. The SMILES string of the molecule is CCCC(NC(=O)CN1CCN(CC(=O)NC(C)CC)CC1)c1ccccc1. The Morgan fingerprint density at radius 2 is 1.46 bits per heavy atom. The number of amides is 2. The lowest BCUT2D eigenvalue weighted by Gasteiger charge is -2.34. The van der Waals surface area contributed by atoms with Crippen LogP contribution in [0.5, 0.6) is 0 Å². The van der Waals surface area contributed by atoms with Crippen molar-refractivity contribution >= 4 is 11.8 Å². The zero-order valence-corrected chi connectivity index (χ0v) is 17.6. The fourth-order valence-corrected chi connectivity index (χ4v) is 3.47. The van der Waals surface area contributed by atoms with Crippen LogP contribution in [0.4, 0.5) is 0 Å². The van der Waals surface area contributed by atoms with E-state index in [2.05, 4.69) is 46.4 Å². The summed E-state index contributed by atoms with van der Waals surface area (Å²) >= 11 is 0. The van der Waals surface area contributed by atoms with Gasteiger partial charge < -0.3 is 10.6 Å². The minimum absolute atomic E-state index is 0.0734. The molecule has 28 heavy (non-hydrogen) atoms. The van der Waals surface area contributed by atoms with Crippen LogP contribution in [0.25, 0.3) is 0 Å². The Kier molecular flexibility index (Phi) is 9.44. The molecule has 2 N–H and O–H groups in total. The van der Waals surface area contributed by atoms with Crippen LogP contribution in [-0.4, -0.2) is 66.9 Å². The van der Waals surface area contributed by atoms with Crippen molar-refractivity contribution in [2.24, 2.45) is 0 Å². The van der Waals surface area contributed by atoms with Crippen LogP contribution in [0.1, 0.15) is 51.6 Å². The Balaban J connectivity index is 1.74. The van der Waals surface area contributed by atoms with E-state index in [-0.39, 0.29) is 23.9 Å². The Morgan fingerprint density at radius 1 is 0.929 bits per heavy atom. The molecule has 6 nitrogen and oxygen atoms in total. The molecular formula is C22H36N4O2. The fourth-order valence-electron chi connectivity index (χ4n) is 3.47. The molecule has 6 heteroatoms. The molecule has 0 aliphatic carbocycles. The third-order valence-electron chi connectivity index (χ3n) is 5.33. The summed E-state index contributed by atoms with van der Waals surface area (Å²) in [5.41, 5.74) is 1.16. The highest BCUT2D eigenvalue weighted by Crippen LogP contribution is 2.18. The lowest BCUT2D eigenvalue weighted by Crippen LogP contribution is -2.52. The van der Waals surface area contributed by atoms with Crippen molar-refractivity contribution in [3.63, 3.8) is 0 Å². The van der Waals surface area contributed by atoms with E-state index in [1.807, 2.05) is 25.1 Å². The number of rotatable bonds is 10. The van der Waals surface area contributed by atoms with Gasteiger partial charge in [0.2, 0.25) is 11.8 Å². The largest absolute Gasteiger partial charge is 0.353 e. The van der Waals surface area contributed by atoms with Gasteiger partial charge >= 0.3 is 0 Å². The molecule has 0 spiro atoms. The number of carbonyl (C=O) groups excluding carboxylic acids is 2. The van der Waals surface area contributed by atoms with Crippen molar-refractivity contribution in [2.75, 3.05) is 39.3 Å². The summed E-state index contributed by atoms with van der Waals surface area (Å²) < 4.78 is 0. The summed E-state index contributed by atoms with van der Waals surface area (Å²) in [5.74, 6) is 0.163. The van der Waals surface area contributed by atoms with Gasteiger partial charge in [0.15, 0.2) is 0 Å². The molecule has 1 aliphatic heterocycles. The van der Waals surface area contributed by atoms with Gasteiger partial charge in [-0.05, 0) is 25.3 Å². The van der Waals surface area contributed by atoms with Crippen LogP contribution in [0.2, 0.25) is 0 Å². The van der Waals surface area contributed by atoms with Gasteiger partial charge in [0.1, 0.15) is 0 Å². The molecule has 2 amide bonds. The lowest BCUT2D eigenvalue weighted by molar-refractivity contribution is -0.125. The highest BCUT2D eigenvalue weighted by molar-refractivity contribution is 5.79. The molecule has 2 unspecified atom stereocenters. The maximum Gasteiger partial charge on any atom is 0.234 e. The average Bonchev–Trinajstić information content (AvgIpc) is 2.69. The normalized spacial score (nSPS) is 17.7. The van der Waals surface area contributed by atoms with Crippen molar-refractivity contribution in [3.8, 4) is 0 Å². The van der Waals surface area contributed by atoms with Gasteiger partial charge in [-0.15, -0.1) is 0 Å². The van der Waals surface area contributed by atoms with Crippen molar-refractivity contribution < 1.29 is 9.59 Å². The molecule has 0 radical (unpaired) electrons. The lowest BCUT2D eigenvalue weighted by atomic mass is 10.0. The number of piperazine rings is 1. The summed E-state index contributed by atoms with van der Waals surface area (Å²) in [7, 11) is 0. The second-order valence-electron chi connectivity index (χ2n) is 7.75. The molecule has 1 fully saturated rings. The van der Waals surface area contributed by atoms with Gasteiger partial charge in [0, 0.05) is 32.2 Å². The fraction of sp³-hybridized carbons (Fsp3) is 0.636. The first-order valence-electron chi connectivity index (χ1n) is 10.6.